The minimum absolute atomic E-state index is 0.138. The van der Waals surface area contributed by atoms with Crippen molar-refractivity contribution in [3.8, 4) is 0 Å². The molecule has 20 heavy (non-hydrogen) atoms. The Balaban J connectivity index is 1.81. The van der Waals surface area contributed by atoms with Crippen molar-refractivity contribution in [1.82, 2.24) is 5.32 Å². The molecule has 0 radical (unpaired) electrons. The van der Waals surface area contributed by atoms with Crippen LogP contribution in [0.2, 0.25) is 5.02 Å². The molecule has 0 aliphatic heterocycles. The Labute approximate surface area is 124 Å². The molecule has 1 aliphatic rings. The highest BCUT2D eigenvalue weighted by Gasteiger charge is 2.15. The topological polar surface area (TPSA) is 55.2 Å². The van der Waals surface area contributed by atoms with Crippen LogP contribution in [0.5, 0.6) is 0 Å². The lowest BCUT2D eigenvalue weighted by Gasteiger charge is -2.21. The molecule has 1 aromatic rings. The summed E-state index contributed by atoms with van der Waals surface area (Å²) in [6.45, 7) is 1.41. The number of nitro benzene ring substituents is 1. The molecule has 4 nitrogen and oxygen atoms in total. The first kappa shape index (κ1) is 15.3. The van der Waals surface area contributed by atoms with E-state index in [4.69, 9.17) is 11.6 Å². The van der Waals surface area contributed by atoms with Crippen molar-refractivity contribution in [1.29, 1.82) is 0 Å². The molecule has 5 heteroatoms. The number of nitro groups is 1. The summed E-state index contributed by atoms with van der Waals surface area (Å²) in [5, 5.41) is 14.8. The zero-order valence-electron chi connectivity index (χ0n) is 11.6. The second-order valence-electron chi connectivity index (χ2n) is 5.50. The molecular weight excluding hydrogens is 276 g/mol. The van der Waals surface area contributed by atoms with E-state index >= 15 is 0 Å². The lowest BCUT2D eigenvalue weighted by Crippen LogP contribution is -2.19. The van der Waals surface area contributed by atoms with Gasteiger partial charge in [0, 0.05) is 23.2 Å². The minimum atomic E-state index is -0.353. The number of hydrogen-bond acceptors (Lipinski definition) is 3. The second kappa shape index (κ2) is 7.60. The number of nitrogens with one attached hydrogen (secondary N) is 1. The molecule has 1 aromatic carbocycles. The molecule has 0 saturated heterocycles. The summed E-state index contributed by atoms with van der Waals surface area (Å²) in [4.78, 5) is 10.6. The summed E-state index contributed by atoms with van der Waals surface area (Å²) in [6.07, 6.45) is 7.90. The Morgan fingerprint density at radius 2 is 2.05 bits per heavy atom. The van der Waals surface area contributed by atoms with Gasteiger partial charge >= 0.3 is 0 Å². The third-order valence-electron chi connectivity index (χ3n) is 4.01. The van der Waals surface area contributed by atoms with Gasteiger partial charge < -0.3 is 5.32 Å². The fourth-order valence-corrected chi connectivity index (χ4v) is 3.07. The Kier molecular flexibility index (Phi) is 5.80. The van der Waals surface area contributed by atoms with Gasteiger partial charge in [0.15, 0.2) is 0 Å². The number of nitrogens with zero attached hydrogens (tertiary/aromatic N) is 1. The second-order valence-corrected chi connectivity index (χ2v) is 5.94. The largest absolute Gasteiger partial charge is 0.312 e. The van der Waals surface area contributed by atoms with Crippen molar-refractivity contribution in [3.63, 3.8) is 0 Å². The predicted octanol–water partition coefficient (Wildman–Crippen LogP) is 4.31. The average molecular weight is 297 g/mol. The van der Waals surface area contributed by atoms with Crippen LogP contribution in [0.3, 0.4) is 0 Å². The van der Waals surface area contributed by atoms with E-state index in [1.54, 1.807) is 12.1 Å². The standard InChI is InChI=1S/C15H21ClN2O2/c16-14-6-7-15(18(19)20)13(10-14)11-17-9-8-12-4-2-1-3-5-12/h6-7,10,12,17H,1-5,8-9,11H2. The van der Waals surface area contributed by atoms with Crippen LogP contribution in [-0.2, 0) is 6.54 Å². The quantitative estimate of drug-likeness (QED) is 0.483. The zero-order chi connectivity index (χ0) is 14.4. The van der Waals surface area contributed by atoms with E-state index in [2.05, 4.69) is 5.32 Å². The van der Waals surface area contributed by atoms with Crippen LogP contribution in [0.1, 0.15) is 44.1 Å². The number of benzene rings is 1. The number of halogens is 1. The lowest BCUT2D eigenvalue weighted by molar-refractivity contribution is -0.385. The third-order valence-corrected chi connectivity index (χ3v) is 4.24. The van der Waals surface area contributed by atoms with Crippen LogP contribution in [0.25, 0.3) is 0 Å². The summed E-state index contributed by atoms with van der Waals surface area (Å²) in [5.41, 5.74) is 0.797. The predicted molar refractivity (Wildman–Crippen MR) is 81.0 cm³/mol. The molecule has 0 aromatic heterocycles. The van der Waals surface area contributed by atoms with Crippen molar-refractivity contribution in [2.45, 2.75) is 45.1 Å². The van der Waals surface area contributed by atoms with Crippen molar-refractivity contribution in [3.05, 3.63) is 38.9 Å². The molecule has 1 aliphatic carbocycles. The van der Waals surface area contributed by atoms with Gasteiger partial charge in [0.05, 0.1) is 4.92 Å². The van der Waals surface area contributed by atoms with Crippen LogP contribution in [-0.4, -0.2) is 11.5 Å². The smallest absolute Gasteiger partial charge is 0.273 e. The summed E-state index contributed by atoms with van der Waals surface area (Å²) in [6, 6.07) is 4.71. The molecule has 1 saturated carbocycles. The summed E-state index contributed by atoms with van der Waals surface area (Å²) >= 11 is 5.91. The molecule has 0 amide bonds. The summed E-state index contributed by atoms with van der Waals surface area (Å²) in [7, 11) is 0. The molecule has 110 valence electrons. The Hall–Kier alpha value is -1.13. The van der Waals surface area contributed by atoms with Crippen LogP contribution >= 0.6 is 11.6 Å². The third kappa shape index (κ3) is 4.46. The van der Waals surface area contributed by atoms with E-state index in [1.807, 2.05) is 0 Å². The molecule has 1 fully saturated rings. The maximum absolute atomic E-state index is 10.9. The Morgan fingerprint density at radius 3 is 2.75 bits per heavy atom. The van der Waals surface area contributed by atoms with Crippen molar-refractivity contribution >= 4 is 17.3 Å². The highest BCUT2D eigenvalue weighted by molar-refractivity contribution is 6.30. The Bertz CT molecular complexity index is 459. The zero-order valence-corrected chi connectivity index (χ0v) is 12.4. The molecule has 1 N–H and O–H groups in total. The molecule has 2 rings (SSSR count). The van der Waals surface area contributed by atoms with Gasteiger partial charge in [0.25, 0.3) is 5.69 Å². The number of hydrogen-bond donors (Lipinski definition) is 1. The van der Waals surface area contributed by atoms with Crippen LogP contribution < -0.4 is 5.32 Å². The van der Waals surface area contributed by atoms with E-state index in [9.17, 15) is 10.1 Å². The van der Waals surface area contributed by atoms with Gasteiger partial charge in [-0.05, 0) is 31.0 Å². The van der Waals surface area contributed by atoms with Crippen LogP contribution in [0.4, 0.5) is 5.69 Å². The average Bonchev–Trinajstić information content (AvgIpc) is 2.44. The maximum atomic E-state index is 10.9. The molecule has 0 atom stereocenters. The van der Waals surface area contributed by atoms with Gasteiger partial charge in [-0.25, -0.2) is 0 Å². The van der Waals surface area contributed by atoms with Crippen molar-refractivity contribution < 1.29 is 4.92 Å². The molecule has 0 heterocycles. The van der Waals surface area contributed by atoms with E-state index in [1.165, 1.54) is 38.2 Å². The molecule has 0 unspecified atom stereocenters. The first-order chi connectivity index (χ1) is 9.66. The van der Waals surface area contributed by atoms with Gasteiger partial charge in [-0.1, -0.05) is 43.7 Å². The molecule has 0 spiro atoms. The fourth-order valence-electron chi connectivity index (χ4n) is 2.88. The van der Waals surface area contributed by atoms with Gasteiger partial charge in [-0.15, -0.1) is 0 Å². The molecule has 0 bridgehead atoms. The maximum Gasteiger partial charge on any atom is 0.273 e. The summed E-state index contributed by atoms with van der Waals surface area (Å²) in [5.74, 6) is 0.825. The first-order valence-electron chi connectivity index (χ1n) is 7.30. The van der Waals surface area contributed by atoms with Gasteiger partial charge in [-0.3, -0.25) is 10.1 Å². The van der Waals surface area contributed by atoms with Crippen molar-refractivity contribution in [2.75, 3.05) is 6.54 Å². The molecular formula is C15H21ClN2O2. The van der Waals surface area contributed by atoms with E-state index in [0.29, 0.717) is 17.1 Å². The SMILES string of the molecule is O=[N+]([O-])c1ccc(Cl)cc1CNCCC1CCCCC1. The van der Waals surface area contributed by atoms with Crippen LogP contribution in [0, 0.1) is 16.0 Å². The summed E-state index contributed by atoms with van der Waals surface area (Å²) < 4.78 is 0. The monoisotopic (exact) mass is 296 g/mol. The van der Waals surface area contributed by atoms with Crippen molar-refractivity contribution in [2.24, 2.45) is 5.92 Å². The van der Waals surface area contributed by atoms with E-state index in [-0.39, 0.29) is 10.6 Å². The number of rotatable bonds is 6. The van der Waals surface area contributed by atoms with Gasteiger partial charge in [0.2, 0.25) is 0 Å². The highest BCUT2D eigenvalue weighted by atomic mass is 35.5. The van der Waals surface area contributed by atoms with Gasteiger partial charge in [-0.2, -0.15) is 0 Å². The fraction of sp³-hybridized carbons (Fsp3) is 0.600. The highest BCUT2D eigenvalue weighted by Crippen LogP contribution is 2.26. The minimum Gasteiger partial charge on any atom is -0.312 e. The van der Waals surface area contributed by atoms with E-state index < -0.39 is 0 Å². The first-order valence-corrected chi connectivity index (χ1v) is 7.68. The normalized spacial score (nSPS) is 16.2. The van der Waals surface area contributed by atoms with E-state index in [0.717, 1.165) is 18.9 Å². The lowest BCUT2D eigenvalue weighted by atomic mass is 9.87. The Morgan fingerprint density at radius 1 is 1.30 bits per heavy atom. The van der Waals surface area contributed by atoms with Crippen LogP contribution in [0.15, 0.2) is 18.2 Å². The van der Waals surface area contributed by atoms with Gasteiger partial charge in [0.1, 0.15) is 0 Å².